The van der Waals surface area contributed by atoms with Gasteiger partial charge >= 0.3 is 0 Å². The number of carbonyl (C=O) groups excluding carboxylic acids is 1. The molecule has 3 heterocycles. The SMILES string of the molecule is O=C(NCc1ccc2c(c1)OCO2)[C@H]1CCCN(c2ncccn2)C1. The van der Waals surface area contributed by atoms with Gasteiger partial charge in [-0.3, -0.25) is 4.79 Å². The van der Waals surface area contributed by atoms with Gasteiger partial charge in [-0.25, -0.2) is 9.97 Å². The van der Waals surface area contributed by atoms with Crippen molar-refractivity contribution >= 4 is 11.9 Å². The van der Waals surface area contributed by atoms with E-state index in [-0.39, 0.29) is 18.6 Å². The Morgan fingerprint density at radius 1 is 1.24 bits per heavy atom. The van der Waals surface area contributed by atoms with Crippen LogP contribution in [0.15, 0.2) is 36.7 Å². The van der Waals surface area contributed by atoms with E-state index in [0.29, 0.717) is 19.0 Å². The molecule has 0 radical (unpaired) electrons. The van der Waals surface area contributed by atoms with Gasteiger partial charge in [0.25, 0.3) is 0 Å². The van der Waals surface area contributed by atoms with E-state index in [0.717, 1.165) is 36.4 Å². The first-order valence-corrected chi connectivity index (χ1v) is 8.48. The lowest BCUT2D eigenvalue weighted by atomic mass is 9.97. The molecule has 7 heteroatoms. The number of hydrogen-bond acceptors (Lipinski definition) is 6. The van der Waals surface area contributed by atoms with Crippen molar-refractivity contribution in [2.45, 2.75) is 19.4 Å². The number of anilines is 1. The third-order valence-electron chi connectivity index (χ3n) is 4.53. The van der Waals surface area contributed by atoms with E-state index in [1.165, 1.54) is 0 Å². The molecule has 2 aliphatic heterocycles. The van der Waals surface area contributed by atoms with Gasteiger partial charge in [-0.2, -0.15) is 0 Å². The lowest BCUT2D eigenvalue weighted by Gasteiger charge is -2.31. The highest BCUT2D eigenvalue weighted by Gasteiger charge is 2.27. The molecular weight excluding hydrogens is 320 g/mol. The molecule has 0 aliphatic carbocycles. The van der Waals surface area contributed by atoms with Crippen LogP contribution in [-0.2, 0) is 11.3 Å². The van der Waals surface area contributed by atoms with E-state index in [2.05, 4.69) is 20.2 Å². The van der Waals surface area contributed by atoms with Gasteiger partial charge in [-0.05, 0) is 36.6 Å². The van der Waals surface area contributed by atoms with Crippen LogP contribution in [-0.4, -0.2) is 35.8 Å². The van der Waals surface area contributed by atoms with E-state index >= 15 is 0 Å². The van der Waals surface area contributed by atoms with E-state index in [1.807, 2.05) is 18.2 Å². The average molecular weight is 340 g/mol. The molecule has 130 valence electrons. The first-order chi connectivity index (χ1) is 12.3. The molecule has 1 saturated heterocycles. The predicted octanol–water partition coefficient (Wildman–Crippen LogP) is 1.74. The highest BCUT2D eigenvalue weighted by atomic mass is 16.7. The van der Waals surface area contributed by atoms with Crippen LogP contribution in [0, 0.1) is 5.92 Å². The second kappa shape index (κ2) is 6.96. The first kappa shape index (κ1) is 15.7. The van der Waals surface area contributed by atoms with Gasteiger partial charge in [0.1, 0.15) is 0 Å². The standard InChI is InChI=1S/C18H20N4O3/c23-17(21-10-13-4-5-15-16(9-13)25-12-24-15)14-3-1-8-22(11-14)18-19-6-2-7-20-18/h2,4-7,9,14H,1,3,8,10-12H2,(H,21,23)/t14-/m0/s1. The van der Waals surface area contributed by atoms with Crippen LogP contribution in [0.4, 0.5) is 5.95 Å². The van der Waals surface area contributed by atoms with Crippen LogP contribution in [0.2, 0.25) is 0 Å². The molecule has 0 spiro atoms. The van der Waals surface area contributed by atoms with Gasteiger partial charge in [0.2, 0.25) is 18.6 Å². The summed E-state index contributed by atoms with van der Waals surface area (Å²) in [5.41, 5.74) is 0.997. The summed E-state index contributed by atoms with van der Waals surface area (Å²) in [5.74, 6) is 2.19. The number of amides is 1. The van der Waals surface area contributed by atoms with Gasteiger partial charge in [0.05, 0.1) is 5.92 Å². The Labute approximate surface area is 146 Å². The largest absolute Gasteiger partial charge is 0.454 e. The summed E-state index contributed by atoms with van der Waals surface area (Å²) >= 11 is 0. The minimum Gasteiger partial charge on any atom is -0.454 e. The van der Waals surface area contributed by atoms with Crippen LogP contribution in [0.25, 0.3) is 0 Å². The Balaban J connectivity index is 1.34. The minimum absolute atomic E-state index is 0.0495. The molecule has 1 fully saturated rings. The topological polar surface area (TPSA) is 76.6 Å². The molecule has 1 atom stereocenters. The first-order valence-electron chi connectivity index (χ1n) is 8.48. The number of ether oxygens (including phenoxy) is 2. The van der Waals surface area contributed by atoms with Crippen molar-refractivity contribution in [2.24, 2.45) is 5.92 Å². The smallest absolute Gasteiger partial charge is 0.231 e. The Bertz CT molecular complexity index is 753. The Morgan fingerprint density at radius 2 is 2.08 bits per heavy atom. The molecule has 0 saturated carbocycles. The number of rotatable bonds is 4. The van der Waals surface area contributed by atoms with Gasteiger partial charge < -0.3 is 19.7 Å². The summed E-state index contributed by atoms with van der Waals surface area (Å²) in [6.45, 7) is 2.27. The van der Waals surface area contributed by atoms with E-state index in [4.69, 9.17) is 9.47 Å². The summed E-state index contributed by atoms with van der Waals surface area (Å²) in [7, 11) is 0. The van der Waals surface area contributed by atoms with Crippen LogP contribution in [0.5, 0.6) is 11.5 Å². The second-order valence-electron chi connectivity index (χ2n) is 6.24. The summed E-state index contributed by atoms with van der Waals surface area (Å²) in [6, 6.07) is 7.52. The summed E-state index contributed by atoms with van der Waals surface area (Å²) < 4.78 is 10.7. The maximum atomic E-state index is 12.5. The monoisotopic (exact) mass is 340 g/mol. The number of carbonyl (C=O) groups is 1. The van der Waals surface area contributed by atoms with Crippen molar-refractivity contribution in [3.8, 4) is 11.5 Å². The fraction of sp³-hybridized carbons (Fsp3) is 0.389. The highest BCUT2D eigenvalue weighted by molar-refractivity contribution is 5.79. The molecule has 2 aromatic rings. The van der Waals surface area contributed by atoms with Gasteiger partial charge in [-0.1, -0.05) is 6.07 Å². The molecule has 1 aromatic heterocycles. The zero-order valence-electron chi connectivity index (χ0n) is 13.9. The molecule has 25 heavy (non-hydrogen) atoms. The number of benzene rings is 1. The Hall–Kier alpha value is -2.83. The summed E-state index contributed by atoms with van der Waals surface area (Å²) in [4.78, 5) is 23.2. The molecule has 4 rings (SSSR count). The maximum Gasteiger partial charge on any atom is 0.231 e. The fourth-order valence-electron chi connectivity index (χ4n) is 3.21. The zero-order chi connectivity index (χ0) is 17.1. The van der Waals surface area contributed by atoms with Crippen molar-refractivity contribution in [2.75, 3.05) is 24.8 Å². The third kappa shape index (κ3) is 3.50. The van der Waals surface area contributed by atoms with Crippen molar-refractivity contribution in [3.63, 3.8) is 0 Å². The molecule has 2 aliphatic rings. The lowest BCUT2D eigenvalue weighted by molar-refractivity contribution is -0.125. The molecular formula is C18H20N4O3. The van der Waals surface area contributed by atoms with Crippen molar-refractivity contribution in [3.05, 3.63) is 42.2 Å². The molecule has 1 N–H and O–H groups in total. The maximum absolute atomic E-state index is 12.5. The Kier molecular flexibility index (Phi) is 4.37. The number of hydrogen-bond donors (Lipinski definition) is 1. The number of nitrogens with zero attached hydrogens (tertiary/aromatic N) is 3. The molecule has 7 nitrogen and oxygen atoms in total. The van der Waals surface area contributed by atoms with Crippen molar-refractivity contribution < 1.29 is 14.3 Å². The van der Waals surface area contributed by atoms with Crippen LogP contribution >= 0.6 is 0 Å². The predicted molar refractivity (Wildman–Crippen MR) is 91.4 cm³/mol. The molecule has 0 bridgehead atoms. The molecule has 1 aromatic carbocycles. The molecule has 0 unspecified atom stereocenters. The van der Waals surface area contributed by atoms with Crippen molar-refractivity contribution in [1.82, 2.24) is 15.3 Å². The van der Waals surface area contributed by atoms with Gasteiger partial charge in [0.15, 0.2) is 11.5 Å². The van der Waals surface area contributed by atoms with E-state index in [9.17, 15) is 4.79 Å². The average Bonchev–Trinajstić information content (AvgIpc) is 3.15. The van der Waals surface area contributed by atoms with Gasteiger partial charge in [0, 0.05) is 32.0 Å². The third-order valence-corrected chi connectivity index (χ3v) is 4.53. The van der Waals surface area contributed by atoms with Crippen molar-refractivity contribution in [1.29, 1.82) is 0 Å². The lowest BCUT2D eigenvalue weighted by Crippen LogP contribution is -2.43. The quantitative estimate of drug-likeness (QED) is 0.914. The fourth-order valence-corrected chi connectivity index (χ4v) is 3.21. The van der Waals surface area contributed by atoms with E-state index in [1.54, 1.807) is 18.5 Å². The number of nitrogens with one attached hydrogen (secondary N) is 1. The second-order valence-corrected chi connectivity index (χ2v) is 6.24. The van der Waals surface area contributed by atoms with E-state index < -0.39 is 0 Å². The van der Waals surface area contributed by atoms with Crippen LogP contribution in [0.1, 0.15) is 18.4 Å². The van der Waals surface area contributed by atoms with Crippen LogP contribution < -0.4 is 19.7 Å². The zero-order valence-corrected chi connectivity index (χ0v) is 13.9. The number of aromatic nitrogens is 2. The van der Waals surface area contributed by atoms with Crippen LogP contribution in [0.3, 0.4) is 0 Å². The minimum atomic E-state index is -0.0495. The normalized spacial score (nSPS) is 18.9. The number of fused-ring (bicyclic) bond motifs is 1. The Morgan fingerprint density at radius 3 is 2.96 bits per heavy atom. The highest BCUT2D eigenvalue weighted by Crippen LogP contribution is 2.32. The molecule has 1 amide bonds. The van der Waals surface area contributed by atoms with Gasteiger partial charge in [-0.15, -0.1) is 0 Å². The summed E-state index contributed by atoms with van der Waals surface area (Å²) in [5, 5.41) is 3.03. The summed E-state index contributed by atoms with van der Waals surface area (Å²) in [6.07, 6.45) is 5.30. The number of piperidine rings is 1.